The van der Waals surface area contributed by atoms with Crippen LogP contribution in [-0.4, -0.2) is 6.10 Å². The van der Waals surface area contributed by atoms with Gasteiger partial charge in [-0.05, 0) is 42.7 Å². The van der Waals surface area contributed by atoms with Crippen LogP contribution in [0.3, 0.4) is 0 Å². The lowest BCUT2D eigenvalue weighted by Gasteiger charge is -2.31. The Kier molecular flexibility index (Phi) is 5.33. The zero-order valence-electron chi connectivity index (χ0n) is 14.3. The molecule has 124 valence electrons. The van der Waals surface area contributed by atoms with Crippen LogP contribution >= 0.6 is 0 Å². The Morgan fingerprint density at radius 2 is 1.79 bits per heavy atom. The number of ether oxygens (including phenoxy) is 1. The maximum Gasteiger partial charge on any atom is 0.0840 e. The van der Waals surface area contributed by atoms with Crippen LogP contribution in [0.5, 0.6) is 0 Å². The van der Waals surface area contributed by atoms with E-state index in [-0.39, 0.29) is 11.5 Å². The summed E-state index contributed by atoms with van der Waals surface area (Å²) in [5.41, 5.74) is 2.12. The lowest BCUT2D eigenvalue weighted by atomic mass is 9.76. The van der Waals surface area contributed by atoms with Crippen molar-refractivity contribution in [2.75, 3.05) is 0 Å². The Labute approximate surface area is 145 Å². The molecular formula is C22H25NO. The van der Waals surface area contributed by atoms with Crippen LogP contribution in [0.15, 0.2) is 60.7 Å². The summed E-state index contributed by atoms with van der Waals surface area (Å²) in [7, 11) is 0. The lowest BCUT2D eigenvalue weighted by Crippen LogP contribution is -2.32. The fourth-order valence-electron chi connectivity index (χ4n) is 3.91. The van der Waals surface area contributed by atoms with Gasteiger partial charge in [-0.15, -0.1) is 0 Å². The normalized spacial score (nSPS) is 24.4. The van der Waals surface area contributed by atoms with Gasteiger partial charge in [-0.2, -0.15) is 5.26 Å². The summed E-state index contributed by atoms with van der Waals surface area (Å²) in [4.78, 5) is 0. The van der Waals surface area contributed by atoms with E-state index in [1.54, 1.807) is 0 Å². The summed E-state index contributed by atoms with van der Waals surface area (Å²) in [5.74, 6) is 0.367. The SMILES string of the molecule is C[C@H](C[C@]1(C#N)CCC[C@@H]1OCc1ccccc1)c1ccccc1. The van der Waals surface area contributed by atoms with Crippen molar-refractivity contribution in [2.24, 2.45) is 5.41 Å². The molecule has 2 aromatic carbocycles. The first kappa shape index (κ1) is 16.7. The van der Waals surface area contributed by atoms with Crippen molar-refractivity contribution in [2.45, 2.75) is 51.2 Å². The van der Waals surface area contributed by atoms with Gasteiger partial charge in [-0.3, -0.25) is 0 Å². The molecule has 2 heteroatoms. The van der Waals surface area contributed by atoms with Crippen molar-refractivity contribution in [1.82, 2.24) is 0 Å². The first-order chi connectivity index (χ1) is 11.7. The molecule has 0 aromatic heterocycles. The monoisotopic (exact) mass is 319 g/mol. The van der Waals surface area contributed by atoms with Crippen LogP contribution < -0.4 is 0 Å². The summed E-state index contributed by atoms with van der Waals surface area (Å²) in [5, 5.41) is 9.95. The molecule has 1 saturated carbocycles. The number of nitrogens with zero attached hydrogens (tertiary/aromatic N) is 1. The van der Waals surface area contributed by atoms with Crippen LogP contribution in [0.1, 0.15) is 49.7 Å². The molecule has 1 fully saturated rings. The molecule has 0 radical (unpaired) electrons. The first-order valence-electron chi connectivity index (χ1n) is 8.85. The van der Waals surface area contributed by atoms with Gasteiger partial charge in [0.15, 0.2) is 0 Å². The maximum atomic E-state index is 9.95. The van der Waals surface area contributed by atoms with Gasteiger partial charge < -0.3 is 4.74 Å². The Balaban J connectivity index is 1.69. The zero-order chi connectivity index (χ0) is 16.8. The number of benzene rings is 2. The molecule has 1 aliphatic rings. The number of nitriles is 1. The van der Waals surface area contributed by atoms with E-state index in [0.29, 0.717) is 12.5 Å². The van der Waals surface area contributed by atoms with E-state index in [4.69, 9.17) is 4.74 Å². The fraction of sp³-hybridized carbons (Fsp3) is 0.409. The standard InChI is InChI=1S/C22H25NO/c1-18(20-11-6-3-7-12-20)15-22(17-23)14-8-13-21(22)24-16-19-9-4-2-5-10-19/h2-7,9-12,18,21H,8,13-16H2,1H3/t18-,21+,22+/m1/s1. The van der Waals surface area contributed by atoms with Crippen molar-refractivity contribution in [3.05, 3.63) is 71.8 Å². The molecule has 0 amide bonds. The zero-order valence-corrected chi connectivity index (χ0v) is 14.3. The molecule has 3 rings (SSSR count). The van der Waals surface area contributed by atoms with Gasteiger partial charge >= 0.3 is 0 Å². The molecule has 0 N–H and O–H groups in total. The first-order valence-corrected chi connectivity index (χ1v) is 8.85. The maximum absolute atomic E-state index is 9.95. The van der Waals surface area contributed by atoms with Crippen molar-refractivity contribution >= 4 is 0 Å². The number of hydrogen-bond donors (Lipinski definition) is 0. The van der Waals surface area contributed by atoms with Gasteiger partial charge in [0.1, 0.15) is 0 Å². The van der Waals surface area contributed by atoms with Crippen molar-refractivity contribution in [1.29, 1.82) is 5.26 Å². The van der Waals surface area contributed by atoms with Gasteiger partial charge in [-0.25, -0.2) is 0 Å². The van der Waals surface area contributed by atoms with Crippen molar-refractivity contribution < 1.29 is 4.74 Å². The highest BCUT2D eigenvalue weighted by atomic mass is 16.5. The summed E-state index contributed by atoms with van der Waals surface area (Å²) in [6.07, 6.45) is 3.91. The smallest absolute Gasteiger partial charge is 0.0840 e. The quantitative estimate of drug-likeness (QED) is 0.708. The summed E-state index contributed by atoms with van der Waals surface area (Å²) < 4.78 is 6.21. The molecule has 1 aliphatic carbocycles. The second kappa shape index (κ2) is 7.64. The largest absolute Gasteiger partial charge is 0.372 e. The van der Waals surface area contributed by atoms with E-state index in [1.807, 2.05) is 24.3 Å². The molecule has 3 atom stereocenters. The molecule has 0 heterocycles. The van der Waals surface area contributed by atoms with Crippen LogP contribution in [0.25, 0.3) is 0 Å². The topological polar surface area (TPSA) is 33.0 Å². The average Bonchev–Trinajstić information content (AvgIpc) is 3.04. The molecule has 2 aromatic rings. The van der Waals surface area contributed by atoms with E-state index >= 15 is 0 Å². The Bertz CT molecular complexity index is 676. The molecule has 0 spiro atoms. The molecule has 0 unspecified atom stereocenters. The minimum Gasteiger partial charge on any atom is -0.372 e. The predicted molar refractivity (Wildman–Crippen MR) is 96.4 cm³/mol. The predicted octanol–water partition coefficient (Wildman–Crippen LogP) is 5.46. The highest BCUT2D eigenvalue weighted by Crippen LogP contribution is 2.46. The van der Waals surface area contributed by atoms with Crippen LogP contribution in [0.4, 0.5) is 0 Å². The third kappa shape index (κ3) is 3.68. The minimum atomic E-state index is -0.357. The average molecular weight is 319 g/mol. The molecule has 0 saturated heterocycles. The minimum absolute atomic E-state index is 0.0360. The Hall–Kier alpha value is -2.11. The molecular weight excluding hydrogens is 294 g/mol. The van der Waals surface area contributed by atoms with E-state index in [1.165, 1.54) is 11.1 Å². The molecule has 0 bridgehead atoms. The fourth-order valence-corrected chi connectivity index (χ4v) is 3.91. The van der Waals surface area contributed by atoms with Gasteiger partial charge in [0.25, 0.3) is 0 Å². The highest BCUT2D eigenvalue weighted by Gasteiger charge is 2.45. The summed E-state index contributed by atoms with van der Waals surface area (Å²) in [6.45, 7) is 2.82. The van der Waals surface area contributed by atoms with Crippen molar-refractivity contribution in [3.8, 4) is 6.07 Å². The van der Waals surface area contributed by atoms with Gasteiger partial charge in [0.2, 0.25) is 0 Å². The van der Waals surface area contributed by atoms with Gasteiger partial charge in [-0.1, -0.05) is 67.6 Å². The van der Waals surface area contributed by atoms with E-state index in [9.17, 15) is 5.26 Å². The van der Waals surface area contributed by atoms with Gasteiger partial charge in [0, 0.05) is 0 Å². The van der Waals surface area contributed by atoms with Crippen molar-refractivity contribution in [3.63, 3.8) is 0 Å². The second-order valence-electron chi connectivity index (χ2n) is 6.96. The number of hydrogen-bond acceptors (Lipinski definition) is 2. The van der Waals surface area contributed by atoms with Crippen LogP contribution in [-0.2, 0) is 11.3 Å². The highest BCUT2D eigenvalue weighted by molar-refractivity contribution is 5.21. The summed E-state index contributed by atoms with van der Waals surface area (Å²) >= 11 is 0. The lowest BCUT2D eigenvalue weighted by molar-refractivity contribution is -0.0136. The third-order valence-corrected chi connectivity index (χ3v) is 5.26. The van der Waals surface area contributed by atoms with E-state index in [2.05, 4.69) is 49.4 Å². The molecule has 2 nitrogen and oxygen atoms in total. The Morgan fingerprint density at radius 3 is 2.46 bits per heavy atom. The van der Waals surface area contributed by atoms with E-state index < -0.39 is 0 Å². The molecule has 0 aliphatic heterocycles. The van der Waals surface area contributed by atoms with Crippen LogP contribution in [0, 0.1) is 16.7 Å². The van der Waals surface area contributed by atoms with E-state index in [0.717, 1.165) is 25.7 Å². The van der Waals surface area contributed by atoms with Gasteiger partial charge in [0.05, 0.1) is 24.2 Å². The summed E-state index contributed by atoms with van der Waals surface area (Å²) in [6, 6.07) is 23.4. The van der Waals surface area contributed by atoms with Crippen LogP contribution in [0.2, 0.25) is 0 Å². The molecule has 24 heavy (non-hydrogen) atoms. The second-order valence-corrected chi connectivity index (χ2v) is 6.96. The number of rotatable bonds is 6. The Morgan fingerprint density at radius 1 is 1.12 bits per heavy atom. The third-order valence-electron chi connectivity index (χ3n) is 5.26.